The van der Waals surface area contributed by atoms with Crippen LogP contribution in [0.5, 0.6) is 0 Å². The first-order valence-electron chi connectivity index (χ1n) is 4.47. The van der Waals surface area contributed by atoms with Gasteiger partial charge in [-0.15, -0.1) is 0 Å². The van der Waals surface area contributed by atoms with Gasteiger partial charge in [0.15, 0.2) is 0 Å². The molecule has 0 amide bonds. The van der Waals surface area contributed by atoms with E-state index < -0.39 is 12.2 Å². The van der Waals surface area contributed by atoms with Crippen LogP contribution < -0.4 is 0 Å². The zero-order valence-electron chi connectivity index (χ0n) is 7.55. The van der Waals surface area contributed by atoms with E-state index in [0.717, 1.165) is 5.06 Å². The Kier molecular flexibility index (Phi) is 2.47. The Morgan fingerprint density at radius 3 is 2.64 bits per heavy atom. The number of hydroxylamine groups is 2. The molecule has 0 bridgehead atoms. The lowest BCUT2D eigenvalue weighted by Gasteiger charge is -2.44. The zero-order chi connectivity index (χ0) is 9.97. The molecule has 4 nitrogen and oxygen atoms in total. The molecule has 0 radical (unpaired) electrons. The van der Waals surface area contributed by atoms with Crippen LogP contribution in [0.25, 0.3) is 0 Å². The first-order chi connectivity index (χ1) is 6.77. The molecule has 2 rings (SSSR count). The maximum absolute atomic E-state index is 11.4. The van der Waals surface area contributed by atoms with Crippen LogP contribution in [0.15, 0.2) is 30.3 Å². The quantitative estimate of drug-likeness (QED) is 0.664. The number of esters is 1. The van der Waals surface area contributed by atoms with Crippen molar-refractivity contribution in [1.29, 1.82) is 0 Å². The molecule has 1 atom stereocenters. The summed E-state index contributed by atoms with van der Waals surface area (Å²) in [5.74, 6) is -0.434. The second kappa shape index (κ2) is 3.77. The zero-order valence-corrected chi connectivity index (χ0v) is 7.55. The highest BCUT2D eigenvalue weighted by atomic mass is 16.6. The maximum atomic E-state index is 11.4. The minimum absolute atomic E-state index is 0.434. The molecule has 0 spiro atoms. The lowest BCUT2D eigenvalue weighted by molar-refractivity contribution is -0.0637. The molecule has 0 saturated carbocycles. The number of rotatable bonds is 2. The second-order valence-corrected chi connectivity index (χ2v) is 3.16. The fourth-order valence-corrected chi connectivity index (χ4v) is 1.22. The van der Waals surface area contributed by atoms with E-state index in [2.05, 4.69) is 0 Å². The highest BCUT2D eigenvalue weighted by molar-refractivity contribution is 5.89. The van der Waals surface area contributed by atoms with E-state index in [-0.39, 0.29) is 0 Å². The minimum atomic E-state index is -0.581. The molecule has 1 aromatic carbocycles. The molecular formula is C10H10NO3-. The van der Waals surface area contributed by atoms with Crippen LogP contribution in [0.4, 0.5) is 0 Å². The van der Waals surface area contributed by atoms with Gasteiger partial charge in [-0.3, -0.25) is 0 Å². The van der Waals surface area contributed by atoms with Crippen LogP contribution in [0.3, 0.4) is 0 Å². The van der Waals surface area contributed by atoms with E-state index in [1.165, 1.54) is 0 Å². The third kappa shape index (κ3) is 1.76. The molecule has 1 aliphatic rings. The fraction of sp³-hybridized carbons (Fsp3) is 0.300. The summed E-state index contributed by atoms with van der Waals surface area (Å²) in [6.45, 7) is 0.451. The van der Waals surface area contributed by atoms with Gasteiger partial charge >= 0.3 is 5.97 Å². The van der Waals surface area contributed by atoms with E-state index in [0.29, 0.717) is 18.5 Å². The Hall–Kier alpha value is -1.39. The van der Waals surface area contributed by atoms with Crippen molar-refractivity contribution >= 4 is 5.97 Å². The molecule has 1 saturated heterocycles. The van der Waals surface area contributed by atoms with E-state index in [4.69, 9.17) is 4.74 Å². The van der Waals surface area contributed by atoms with E-state index in [1.807, 2.05) is 6.07 Å². The van der Waals surface area contributed by atoms with E-state index >= 15 is 0 Å². The Labute approximate surface area is 81.7 Å². The van der Waals surface area contributed by atoms with Gasteiger partial charge in [-0.2, -0.15) is 0 Å². The molecule has 1 aliphatic heterocycles. The molecule has 4 heteroatoms. The summed E-state index contributed by atoms with van der Waals surface area (Å²) in [5.41, 5.74) is 0.479. The molecule has 0 aliphatic carbocycles. The lowest BCUT2D eigenvalue weighted by Crippen LogP contribution is -2.46. The number of benzene rings is 1. The number of hydrogen-bond acceptors (Lipinski definition) is 4. The minimum Gasteiger partial charge on any atom is -0.783 e. The highest BCUT2D eigenvalue weighted by Crippen LogP contribution is 2.17. The topological polar surface area (TPSA) is 52.6 Å². The van der Waals surface area contributed by atoms with Crippen LogP contribution in [-0.4, -0.2) is 23.8 Å². The van der Waals surface area contributed by atoms with Gasteiger partial charge in [-0.05, 0) is 18.7 Å². The first-order valence-corrected chi connectivity index (χ1v) is 4.47. The normalized spacial score (nSPS) is 21.4. The van der Waals surface area contributed by atoms with Crippen LogP contribution in [0.1, 0.15) is 16.8 Å². The van der Waals surface area contributed by atoms with Gasteiger partial charge in [0.1, 0.15) is 6.23 Å². The average Bonchev–Trinajstić information content (AvgIpc) is 2.24. The van der Waals surface area contributed by atoms with Crippen molar-refractivity contribution in [3.8, 4) is 0 Å². The lowest BCUT2D eigenvalue weighted by atomic mass is 10.2. The maximum Gasteiger partial charge on any atom is 0.339 e. The summed E-state index contributed by atoms with van der Waals surface area (Å²) in [4.78, 5) is 11.4. The molecule has 14 heavy (non-hydrogen) atoms. The number of carbonyl (C=O) groups is 1. The molecule has 0 aromatic heterocycles. The largest absolute Gasteiger partial charge is 0.783 e. The van der Waals surface area contributed by atoms with Crippen molar-refractivity contribution < 1.29 is 9.53 Å². The Balaban J connectivity index is 1.96. The van der Waals surface area contributed by atoms with Crippen LogP contribution in [-0.2, 0) is 4.74 Å². The average molecular weight is 192 g/mol. The van der Waals surface area contributed by atoms with E-state index in [9.17, 15) is 10.0 Å². The third-order valence-corrected chi connectivity index (χ3v) is 2.17. The fourth-order valence-electron chi connectivity index (χ4n) is 1.22. The van der Waals surface area contributed by atoms with Gasteiger partial charge in [0, 0.05) is 6.42 Å². The Morgan fingerprint density at radius 2 is 2.14 bits per heavy atom. The van der Waals surface area contributed by atoms with Crippen molar-refractivity contribution in [2.75, 3.05) is 6.54 Å². The summed E-state index contributed by atoms with van der Waals surface area (Å²) in [5, 5.41) is 11.6. The first kappa shape index (κ1) is 9.18. The summed E-state index contributed by atoms with van der Waals surface area (Å²) >= 11 is 0. The smallest absolute Gasteiger partial charge is 0.339 e. The number of hydrogen-bond donors (Lipinski definition) is 0. The number of ether oxygens (including phenoxy) is 1. The van der Waals surface area contributed by atoms with Crippen molar-refractivity contribution in [2.45, 2.75) is 12.6 Å². The third-order valence-electron chi connectivity index (χ3n) is 2.17. The van der Waals surface area contributed by atoms with Crippen molar-refractivity contribution in [2.24, 2.45) is 0 Å². The summed E-state index contributed by atoms with van der Waals surface area (Å²) in [6.07, 6.45) is 0.0462. The molecule has 1 unspecified atom stereocenters. The molecule has 0 N–H and O–H groups in total. The van der Waals surface area contributed by atoms with Crippen LogP contribution >= 0.6 is 0 Å². The number of nitrogens with zero attached hydrogens (tertiary/aromatic N) is 1. The van der Waals surface area contributed by atoms with Crippen LogP contribution in [0, 0.1) is 5.21 Å². The predicted molar refractivity (Wildman–Crippen MR) is 50.3 cm³/mol. The predicted octanol–water partition coefficient (Wildman–Crippen LogP) is 1.37. The van der Waals surface area contributed by atoms with Crippen molar-refractivity contribution in [3.05, 3.63) is 41.1 Å². The number of carbonyl (C=O) groups excluding carboxylic acids is 1. The van der Waals surface area contributed by atoms with Gasteiger partial charge in [0.05, 0.1) is 5.56 Å². The SMILES string of the molecule is O=C(OC1CCN1[O-])c1ccccc1. The molecular weight excluding hydrogens is 182 g/mol. The van der Waals surface area contributed by atoms with Gasteiger partial charge in [0.25, 0.3) is 0 Å². The highest BCUT2D eigenvalue weighted by Gasteiger charge is 2.24. The molecule has 1 aromatic rings. The monoisotopic (exact) mass is 192 g/mol. The standard InChI is InChI=1S/C10H10NO3/c12-10(8-4-2-1-3-5-8)14-9-6-7-11(9)13/h1-5,9H,6-7H2/q-1. The molecule has 74 valence electrons. The van der Waals surface area contributed by atoms with Crippen LogP contribution in [0.2, 0.25) is 0 Å². The summed E-state index contributed by atoms with van der Waals surface area (Å²) < 4.78 is 4.96. The van der Waals surface area contributed by atoms with E-state index in [1.54, 1.807) is 24.3 Å². The summed E-state index contributed by atoms with van der Waals surface area (Å²) in [7, 11) is 0. The second-order valence-electron chi connectivity index (χ2n) is 3.16. The van der Waals surface area contributed by atoms with Crippen molar-refractivity contribution in [1.82, 2.24) is 5.06 Å². The Bertz CT molecular complexity index is 325. The van der Waals surface area contributed by atoms with Crippen molar-refractivity contribution in [3.63, 3.8) is 0 Å². The van der Waals surface area contributed by atoms with Gasteiger partial charge in [0.2, 0.25) is 0 Å². The summed E-state index contributed by atoms with van der Waals surface area (Å²) in [6, 6.07) is 8.66. The van der Waals surface area contributed by atoms with Gasteiger partial charge in [-0.25, -0.2) is 4.79 Å². The Morgan fingerprint density at radius 1 is 1.43 bits per heavy atom. The van der Waals surface area contributed by atoms with Gasteiger partial charge < -0.3 is 15.0 Å². The molecule has 1 fully saturated rings. The van der Waals surface area contributed by atoms with Gasteiger partial charge in [-0.1, -0.05) is 18.2 Å². The molecule has 1 heterocycles.